The minimum absolute atomic E-state index is 0.134. The predicted molar refractivity (Wildman–Crippen MR) is 52.9 cm³/mol. The Kier molecular flexibility index (Phi) is 1.59. The first-order chi connectivity index (χ1) is 5.98. The Balaban J connectivity index is 2.52. The molecule has 0 aliphatic carbocycles. The summed E-state index contributed by atoms with van der Waals surface area (Å²) in [5, 5.41) is 3.40. The monoisotopic (exact) mass is 177 g/mol. The highest BCUT2D eigenvalue weighted by Crippen LogP contribution is 2.31. The highest BCUT2D eigenvalue weighted by molar-refractivity contribution is 5.54. The molecular weight excluding hydrogens is 162 g/mol. The van der Waals surface area contributed by atoms with Crippen molar-refractivity contribution in [2.24, 2.45) is 0 Å². The second-order valence-electron chi connectivity index (χ2n) is 4.37. The third-order valence-electron chi connectivity index (χ3n) is 2.40. The fraction of sp³-hybridized carbons (Fsp3) is 0.600. The summed E-state index contributed by atoms with van der Waals surface area (Å²) in [5.74, 6) is 1.87. The first kappa shape index (κ1) is 8.48. The number of rotatable bonds is 0. The van der Waals surface area contributed by atoms with Gasteiger partial charge in [0.1, 0.15) is 11.6 Å². The predicted octanol–water partition coefficient (Wildman–Crippen LogP) is 1.84. The van der Waals surface area contributed by atoms with Crippen LogP contribution in [0.1, 0.15) is 30.9 Å². The van der Waals surface area contributed by atoms with Gasteiger partial charge in [-0.15, -0.1) is 0 Å². The Bertz CT molecular complexity index is 355. The third-order valence-corrected chi connectivity index (χ3v) is 2.40. The van der Waals surface area contributed by atoms with Crippen molar-refractivity contribution in [1.82, 2.24) is 9.97 Å². The molecular formula is C10H15N3. The molecule has 3 heteroatoms. The summed E-state index contributed by atoms with van der Waals surface area (Å²) >= 11 is 0. The van der Waals surface area contributed by atoms with Gasteiger partial charge in [0.2, 0.25) is 0 Å². The van der Waals surface area contributed by atoms with Gasteiger partial charge < -0.3 is 5.32 Å². The van der Waals surface area contributed by atoms with Crippen molar-refractivity contribution < 1.29 is 0 Å². The van der Waals surface area contributed by atoms with Gasteiger partial charge in [0, 0.05) is 23.2 Å². The van der Waals surface area contributed by atoms with Crippen LogP contribution in [0.25, 0.3) is 0 Å². The maximum Gasteiger partial charge on any atom is 0.133 e. The fourth-order valence-corrected chi connectivity index (χ4v) is 1.86. The van der Waals surface area contributed by atoms with Gasteiger partial charge in [-0.2, -0.15) is 0 Å². The SMILES string of the molecule is Cc1nc(C)c2c(n1)NC(C)(C)C2. The fourth-order valence-electron chi connectivity index (χ4n) is 1.86. The van der Waals surface area contributed by atoms with E-state index in [4.69, 9.17) is 0 Å². The average molecular weight is 177 g/mol. The Morgan fingerprint density at radius 3 is 2.62 bits per heavy atom. The number of aryl methyl sites for hydroxylation is 2. The van der Waals surface area contributed by atoms with Crippen LogP contribution in [0, 0.1) is 13.8 Å². The number of hydrogen-bond acceptors (Lipinski definition) is 3. The number of nitrogens with one attached hydrogen (secondary N) is 1. The molecule has 0 aromatic carbocycles. The van der Waals surface area contributed by atoms with Gasteiger partial charge in [-0.25, -0.2) is 9.97 Å². The van der Waals surface area contributed by atoms with Crippen molar-refractivity contribution in [3.05, 3.63) is 17.1 Å². The molecule has 0 amide bonds. The van der Waals surface area contributed by atoms with Crippen molar-refractivity contribution in [3.63, 3.8) is 0 Å². The molecule has 1 N–H and O–H groups in total. The summed E-state index contributed by atoms with van der Waals surface area (Å²) in [6.07, 6.45) is 1.02. The van der Waals surface area contributed by atoms with E-state index in [1.54, 1.807) is 0 Å². The first-order valence-corrected chi connectivity index (χ1v) is 4.60. The summed E-state index contributed by atoms with van der Waals surface area (Å²) in [5.41, 5.74) is 2.52. The summed E-state index contributed by atoms with van der Waals surface area (Å²) in [4.78, 5) is 8.75. The molecule has 0 fully saturated rings. The molecule has 1 aromatic heterocycles. The van der Waals surface area contributed by atoms with E-state index in [0.29, 0.717) is 0 Å². The third kappa shape index (κ3) is 1.39. The number of anilines is 1. The Morgan fingerprint density at radius 1 is 1.23 bits per heavy atom. The highest BCUT2D eigenvalue weighted by atomic mass is 15.1. The van der Waals surface area contributed by atoms with Gasteiger partial charge >= 0.3 is 0 Å². The van der Waals surface area contributed by atoms with Crippen molar-refractivity contribution >= 4 is 5.82 Å². The molecule has 2 heterocycles. The van der Waals surface area contributed by atoms with E-state index < -0.39 is 0 Å². The van der Waals surface area contributed by atoms with Crippen molar-refractivity contribution in [2.45, 2.75) is 39.7 Å². The maximum atomic E-state index is 4.39. The van der Waals surface area contributed by atoms with Gasteiger partial charge in [0.25, 0.3) is 0 Å². The molecule has 70 valence electrons. The molecule has 0 unspecified atom stereocenters. The molecule has 0 bridgehead atoms. The Labute approximate surface area is 78.6 Å². The Morgan fingerprint density at radius 2 is 1.92 bits per heavy atom. The van der Waals surface area contributed by atoms with E-state index in [2.05, 4.69) is 36.1 Å². The standard InChI is InChI=1S/C10H15N3/c1-6-8-5-10(3,4)13-9(8)12-7(2)11-6/h5H2,1-4H3,(H,11,12,13). The first-order valence-electron chi connectivity index (χ1n) is 4.60. The summed E-state index contributed by atoms with van der Waals surface area (Å²) < 4.78 is 0. The number of fused-ring (bicyclic) bond motifs is 1. The molecule has 0 saturated heterocycles. The number of hydrogen-bond donors (Lipinski definition) is 1. The second kappa shape index (κ2) is 2.44. The van der Waals surface area contributed by atoms with E-state index in [-0.39, 0.29) is 5.54 Å². The lowest BCUT2D eigenvalue weighted by atomic mass is 10.00. The lowest BCUT2D eigenvalue weighted by molar-refractivity contribution is 0.592. The topological polar surface area (TPSA) is 37.8 Å². The van der Waals surface area contributed by atoms with E-state index in [0.717, 1.165) is 23.8 Å². The minimum Gasteiger partial charge on any atom is -0.365 e. The lowest BCUT2D eigenvalue weighted by Gasteiger charge is -2.17. The number of nitrogens with zero attached hydrogens (tertiary/aromatic N) is 2. The zero-order valence-electron chi connectivity index (χ0n) is 8.60. The molecule has 2 rings (SSSR count). The van der Waals surface area contributed by atoms with Gasteiger partial charge in [0.15, 0.2) is 0 Å². The molecule has 1 aromatic rings. The quantitative estimate of drug-likeness (QED) is 0.657. The van der Waals surface area contributed by atoms with Gasteiger partial charge in [-0.1, -0.05) is 0 Å². The van der Waals surface area contributed by atoms with E-state index >= 15 is 0 Å². The van der Waals surface area contributed by atoms with Crippen molar-refractivity contribution in [2.75, 3.05) is 5.32 Å². The second-order valence-corrected chi connectivity index (χ2v) is 4.37. The van der Waals surface area contributed by atoms with E-state index in [9.17, 15) is 0 Å². The molecule has 13 heavy (non-hydrogen) atoms. The Hall–Kier alpha value is -1.12. The van der Waals surface area contributed by atoms with Crippen LogP contribution in [0.2, 0.25) is 0 Å². The van der Waals surface area contributed by atoms with Crippen LogP contribution < -0.4 is 5.32 Å². The largest absolute Gasteiger partial charge is 0.365 e. The van der Waals surface area contributed by atoms with Gasteiger partial charge in [0.05, 0.1) is 0 Å². The van der Waals surface area contributed by atoms with Gasteiger partial charge in [-0.3, -0.25) is 0 Å². The summed E-state index contributed by atoms with van der Waals surface area (Å²) in [7, 11) is 0. The van der Waals surface area contributed by atoms with Crippen LogP contribution in [0.5, 0.6) is 0 Å². The van der Waals surface area contributed by atoms with Gasteiger partial charge in [-0.05, 0) is 27.7 Å². The van der Waals surface area contributed by atoms with Crippen LogP contribution in [0.15, 0.2) is 0 Å². The van der Waals surface area contributed by atoms with Crippen LogP contribution in [-0.2, 0) is 6.42 Å². The highest BCUT2D eigenvalue weighted by Gasteiger charge is 2.30. The maximum absolute atomic E-state index is 4.39. The average Bonchev–Trinajstić information content (AvgIpc) is 2.23. The normalized spacial score (nSPS) is 18.2. The zero-order valence-corrected chi connectivity index (χ0v) is 8.60. The molecule has 0 saturated carbocycles. The van der Waals surface area contributed by atoms with Crippen molar-refractivity contribution in [3.8, 4) is 0 Å². The van der Waals surface area contributed by atoms with Crippen LogP contribution >= 0.6 is 0 Å². The van der Waals surface area contributed by atoms with E-state index in [1.807, 2.05) is 6.92 Å². The molecule has 0 spiro atoms. The van der Waals surface area contributed by atoms with Crippen molar-refractivity contribution in [1.29, 1.82) is 0 Å². The number of aromatic nitrogens is 2. The van der Waals surface area contributed by atoms with Crippen LogP contribution in [0.3, 0.4) is 0 Å². The molecule has 0 radical (unpaired) electrons. The minimum atomic E-state index is 0.134. The van der Waals surface area contributed by atoms with Crippen LogP contribution in [-0.4, -0.2) is 15.5 Å². The molecule has 1 aliphatic rings. The summed E-state index contributed by atoms with van der Waals surface area (Å²) in [6, 6.07) is 0. The molecule has 3 nitrogen and oxygen atoms in total. The molecule has 0 atom stereocenters. The zero-order chi connectivity index (χ0) is 9.64. The smallest absolute Gasteiger partial charge is 0.133 e. The molecule has 1 aliphatic heterocycles. The summed E-state index contributed by atoms with van der Waals surface area (Å²) in [6.45, 7) is 8.35. The van der Waals surface area contributed by atoms with E-state index in [1.165, 1.54) is 5.56 Å². The van der Waals surface area contributed by atoms with Crippen LogP contribution in [0.4, 0.5) is 5.82 Å². The lowest BCUT2D eigenvalue weighted by Crippen LogP contribution is -2.27.